The predicted octanol–water partition coefficient (Wildman–Crippen LogP) is 4.89. The summed E-state index contributed by atoms with van der Waals surface area (Å²) < 4.78 is 21.2. The van der Waals surface area contributed by atoms with E-state index >= 15 is 0 Å². The summed E-state index contributed by atoms with van der Waals surface area (Å²) in [6.45, 7) is 0.300. The van der Waals surface area contributed by atoms with E-state index in [4.69, 9.17) is 13.9 Å². The largest absolute Gasteiger partial charge is 0.493 e. The molecule has 1 aromatic heterocycles. The lowest BCUT2D eigenvalue weighted by atomic mass is 10.1. The molecule has 9 heteroatoms. The molecule has 0 saturated carbocycles. The van der Waals surface area contributed by atoms with Crippen LogP contribution in [0.15, 0.2) is 70.0 Å². The van der Waals surface area contributed by atoms with Crippen molar-refractivity contribution in [1.82, 2.24) is 4.90 Å². The van der Waals surface area contributed by atoms with Crippen molar-refractivity contribution in [1.29, 1.82) is 0 Å². The quantitative estimate of drug-likeness (QED) is 0.333. The fraction of sp³-hybridized carbons (Fsp3) is 0.160. The van der Waals surface area contributed by atoms with Crippen LogP contribution in [0, 0.1) is 0 Å². The fourth-order valence-corrected chi connectivity index (χ4v) is 4.10. The maximum Gasteiger partial charge on any atom is 0.373 e. The monoisotopic (exact) mass is 479 g/mol. The van der Waals surface area contributed by atoms with Gasteiger partial charge in [-0.25, -0.2) is 4.79 Å². The number of rotatable bonds is 8. The molecule has 0 aliphatic carbocycles. The SMILES string of the molecule is COC(=O)c1ccc(COc2ccc(C=C3SC(=O)N(Cc4ccccc4)C3=O)cc2OC)o1. The zero-order valence-corrected chi connectivity index (χ0v) is 19.3. The summed E-state index contributed by atoms with van der Waals surface area (Å²) in [6.07, 6.45) is 1.65. The molecule has 2 aromatic carbocycles. The zero-order chi connectivity index (χ0) is 24.1. The minimum Gasteiger partial charge on any atom is -0.493 e. The summed E-state index contributed by atoms with van der Waals surface area (Å²) in [7, 11) is 2.78. The van der Waals surface area contributed by atoms with E-state index in [9.17, 15) is 14.4 Å². The zero-order valence-electron chi connectivity index (χ0n) is 18.5. The number of hydrogen-bond donors (Lipinski definition) is 0. The minimum atomic E-state index is -0.568. The molecule has 174 valence electrons. The van der Waals surface area contributed by atoms with Crippen LogP contribution >= 0.6 is 11.8 Å². The average molecular weight is 480 g/mol. The number of ether oxygens (including phenoxy) is 3. The van der Waals surface area contributed by atoms with Crippen LogP contribution in [0.2, 0.25) is 0 Å². The highest BCUT2D eigenvalue weighted by atomic mass is 32.2. The molecule has 4 rings (SSSR count). The molecule has 2 heterocycles. The highest BCUT2D eigenvalue weighted by molar-refractivity contribution is 8.18. The fourth-order valence-electron chi connectivity index (χ4n) is 3.26. The first kappa shape index (κ1) is 23.2. The lowest BCUT2D eigenvalue weighted by molar-refractivity contribution is -0.123. The van der Waals surface area contributed by atoms with Gasteiger partial charge in [0.15, 0.2) is 11.5 Å². The Morgan fingerprint density at radius 2 is 1.82 bits per heavy atom. The number of carbonyl (C=O) groups excluding carboxylic acids is 3. The molecule has 1 aliphatic rings. The van der Waals surface area contributed by atoms with Crippen molar-refractivity contribution in [3.8, 4) is 11.5 Å². The number of furan rings is 1. The van der Waals surface area contributed by atoms with Gasteiger partial charge in [-0.3, -0.25) is 14.5 Å². The van der Waals surface area contributed by atoms with Crippen LogP contribution < -0.4 is 9.47 Å². The number of hydrogen-bond acceptors (Lipinski definition) is 8. The van der Waals surface area contributed by atoms with Gasteiger partial charge in [0.1, 0.15) is 12.4 Å². The van der Waals surface area contributed by atoms with Crippen LogP contribution in [0.1, 0.15) is 27.4 Å². The normalized spacial score (nSPS) is 14.5. The number of benzene rings is 2. The number of imide groups is 1. The maximum absolute atomic E-state index is 12.8. The molecular weight excluding hydrogens is 458 g/mol. The predicted molar refractivity (Wildman–Crippen MR) is 125 cm³/mol. The average Bonchev–Trinajstić information content (AvgIpc) is 3.43. The third kappa shape index (κ3) is 5.15. The van der Waals surface area contributed by atoms with Crippen LogP contribution in [0.25, 0.3) is 6.08 Å². The van der Waals surface area contributed by atoms with Gasteiger partial charge in [-0.2, -0.15) is 0 Å². The third-order valence-corrected chi connectivity index (χ3v) is 5.87. The molecule has 34 heavy (non-hydrogen) atoms. The van der Waals surface area contributed by atoms with E-state index in [-0.39, 0.29) is 30.1 Å². The molecule has 1 aliphatic heterocycles. The van der Waals surface area contributed by atoms with Crippen LogP contribution in [0.5, 0.6) is 11.5 Å². The summed E-state index contributed by atoms with van der Waals surface area (Å²) in [4.78, 5) is 38.3. The van der Waals surface area contributed by atoms with Crippen LogP contribution in [-0.4, -0.2) is 36.2 Å². The molecule has 0 bridgehead atoms. The van der Waals surface area contributed by atoms with E-state index in [2.05, 4.69) is 4.74 Å². The summed E-state index contributed by atoms with van der Waals surface area (Å²) in [5.74, 6) is 0.520. The number of methoxy groups -OCH3 is 2. The van der Waals surface area contributed by atoms with Gasteiger partial charge in [0.05, 0.1) is 25.7 Å². The minimum absolute atomic E-state index is 0.0745. The van der Waals surface area contributed by atoms with Crippen LogP contribution in [0.3, 0.4) is 0 Å². The van der Waals surface area contributed by atoms with Crippen molar-refractivity contribution >= 4 is 35.0 Å². The topological polar surface area (TPSA) is 95.3 Å². The molecule has 0 atom stereocenters. The number of nitrogens with zero attached hydrogens (tertiary/aromatic N) is 1. The third-order valence-electron chi connectivity index (χ3n) is 4.96. The van der Waals surface area contributed by atoms with Gasteiger partial charge < -0.3 is 18.6 Å². The van der Waals surface area contributed by atoms with Gasteiger partial charge in [0.25, 0.3) is 11.1 Å². The Morgan fingerprint density at radius 3 is 2.56 bits per heavy atom. The molecule has 2 amide bonds. The van der Waals surface area contributed by atoms with Gasteiger partial charge >= 0.3 is 5.97 Å². The van der Waals surface area contributed by atoms with E-state index < -0.39 is 5.97 Å². The van der Waals surface area contributed by atoms with E-state index in [1.807, 2.05) is 30.3 Å². The summed E-state index contributed by atoms with van der Waals surface area (Å²) in [6, 6.07) is 17.6. The lowest BCUT2D eigenvalue weighted by Crippen LogP contribution is -2.27. The van der Waals surface area contributed by atoms with Crippen LogP contribution in [-0.2, 0) is 22.7 Å². The Morgan fingerprint density at radius 1 is 1.03 bits per heavy atom. The van der Waals surface area contributed by atoms with Crippen molar-refractivity contribution in [2.24, 2.45) is 0 Å². The Kier molecular flexibility index (Phi) is 7.03. The molecule has 0 unspecified atom stereocenters. The smallest absolute Gasteiger partial charge is 0.373 e. The molecule has 1 fully saturated rings. The van der Waals surface area contributed by atoms with E-state index in [1.165, 1.54) is 25.2 Å². The van der Waals surface area contributed by atoms with Gasteiger partial charge in [0.2, 0.25) is 5.76 Å². The number of esters is 1. The molecule has 1 saturated heterocycles. The number of carbonyl (C=O) groups is 3. The Balaban J connectivity index is 1.45. The Labute approximate surface area is 200 Å². The number of amides is 2. The van der Waals surface area contributed by atoms with Crippen molar-refractivity contribution in [3.63, 3.8) is 0 Å². The first-order chi connectivity index (χ1) is 16.5. The second kappa shape index (κ2) is 10.3. The molecule has 0 radical (unpaired) electrons. The second-order valence-corrected chi connectivity index (χ2v) is 8.20. The molecule has 3 aromatic rings. The van der Waals surface area contributed by atoms with Crippen molar-refractivity contribution in [2.45, 2.75) is 13.2 Å². The second-order valence-electron chi connectivity index (χ2n) is 7.21. The maximum atomic E-state index is 12.8. The van der Waals surface area contributed by atoms with Crippen molar-refractivity contribution < 1.29 is 33.0 Å². The van der Waals surface area contributed by atoms with E-state index in [1.54, 1.807) is 30.3 Å². The van der Waals surface area contributed by atoms with E-state index in [0.717, 1.165) is 17.3 Å². The first-order valence-electron chi connectivity index (χ1n) is 10.3. The van der Waals surface area contributed by atoms with Gasteiger partial charge in [-0.05, 0) is 53.2 Å². The summed E-state index contributed by atoms with van der Waals surface area (Å²) in [5.41, 5.74) is 1.56. The highest BCUT2D eigenvalue weighted by Gasteiger charge is 2.35. The Bertz CT molecular complexity index is 1250. The Hall–Kier alpha value is -3.98. The van der Waals surface area contributed by atoms with Gasteiger partial charge in [-0.15, -0.1) is 0 Å². The highest BCUT2D eigenvalue weighted by Crippen LogP contribution is 2.35. The van der Waals surface area contributed by atoms with Crippen LogP contribution in [0.4, 0.5) is 4.79 Å². The lowest BCUT2D eigenvalue weighted by Gasteiger charge is -2.12. The standard InChI is InChI=1S/C25H21NO7S/c1-30-21-12-17(8-10-19(21)32-15-18-9-11-20(33-18)24(28)31-2)13-22-23(27)26(25(29)34-22)14-16-6-4-3-5-7-16/h3-13H,14-15H2,1-2H3. The molecule has 0 spiro atoms. The van der Waals surface area contributed by atoms with Gasteiger partial charge in [0, 0.05) is 0 Å². The molecule has 0 N–H and O–H groups in total. The molecular formula is C25H21NO7S. The van der Waals surface area contributed by atoms with Crippen molar-refractivity contribution in [2.75, 3.05) is 14.2 Å². The van der Waals surface area contributed by atoms with E-state index in [0.29, 0.717) is 27.7 Å². The van der Waals surface area contributed by atoms with Gasteiger partial charge in [-0.1, -0.05) is 36.4 Å². The summed E-state index contributed by atoms with van der Waals surface area (Å²) >= 11 is 0.904. The summed E-state index contributed by atoms with van der Waals surface area (Å²) in [5, 5.41) is -0.309. The van der Waals surface area contributed by atoms with Crippen molar-refractivity contribution in [3.05, 3.63) is 88.2 Å². The molecule has 8 nitrogen and oxygen atoms in total. The number of thioether (sulfide) groups is 1. The first-order valence-corrected chi connectivity index (χ1v) is 11.1.